The zero-order valence-electron chi connectivity index (χ0n) is 21.9. The number of carbonyl (C=O) groups excluding carboxylic acids is 2. The summed E-state index contributed by atoms with van der Waals surface area (Å²) in [4.78, 5) is 30.7. The summed E-state index contributed by atoms with van der Waals surface area (Å²) in [6.07, 6.45) is 4.65. The molecule has 2 aromatic carbocycles. The monoisotopic (exact) mass is 529 g/mol. The van der Waals surface area contributed by atoms with Crippen molar-refractivity contribution >= 4 is 22.8 Å². The first-order chi connectivity index (χ1) is 18.8. The molecule has 2 N–H and O–H groups in total. The topological polar surface area (TPSA) is 103 Å². The normalized spacial score (nSPS) is 19.1. The van der Waals surface area contributed by atoms with Gasteiger partial charge in [0.2, 0.25) is 5.88 Å². The van der Waals surface area contributed by atoms with Gasteiger partial charge < -0.3 is 24.5 Å². The molecule has 8 nitrogen and oxygen atoms in total. The number of amides is 2. The maximum Gasteiger partial charge on any atom is 0.257 e. The molecule has 9 heteroatoms. The van der Waals surface area contributed by atoms with Gasteiger partial charge in [0.1, 0.15) is 28.5 Å². The molecule has 2 aromatic heterocycles. The second-order valence-electron chi connectivity index (χ2n) is 10.2. The van der Waals surface area contributed by atoms with Crippen molar-refractivity contribution in [3.63, 3.8) is 0 Å². The average Bonchev–Trinajstić information content (AvgIpc) is 3.27. The highest BCUT2D eigenvalue weighted by Gasteiger charge is 2.57. The first kappa shape index (κ1) is 24.9. The van der Waals surface area contributed by atoms with Crippen LogP contribution in [0.4, 0.5) is 4.39 Å². The maximum absolute atomic E-state index is 13.6. The van der Waals surface area contributed by atoms with E-state index in [2.05, 4.69) is 15.6 Å². The van der Waals surface area contributed by atoms with Gasteiger partial charge in [-0.1, -0.05) is 0 Å². The lowest BCUT2D eigenvalue weighted by Crippen LogP contribution is -2.68. The molecule has 7 rings (SSSR count). The van der Waals surface area contributed by atoms with Crippen LogP contribution in [0.1, 0.15) is 46.9 Å². The Morgan fingerprint density at radius 2 is 1.85 bits per heavy atom. The van der Waals surface area contributed by atoms with E-state index >= 15 is 0 Å². The minimum absolute atomic E-state index is 0.103. The van der Waals surface area contributed by atoms with Crippen molar-refractivity contribution in [3.05, 3.63) is 65.6 Å². The summed E-state index contributed by atoms with van der Waals surface area (Å²) >= 11 is 0. The van der Waals surface area contributed by atoms with Crippen LogP contribution < -0.4 is 20.1 Å². The third-order valence-electron chi connectivity index (χ3n) is 7.67. The van der Waals surface area contributed by atoms with Crippen molar-refractivity contribution < 1.29 is 27.9 Å². The number of pyridine rings is 1. The van der Waals surface area contributed by atoms with Crippen molar-refractivity contribution in [2.24, 2.45) is 5.92 Å². The van der Waals surface area contributed by atoms with E-state index in [0.29, 0.717) is 56.9 Å². The Labute approximate surface area is 224 Å². The number of rotatable bonds is 8. The predicted octanol–water partition coefficient (Wildman–Crippen LogP) is 5.35. The van der Waals surface area contributed by atoms with Gasteiger partial charge >= 0.3 is 0 Å². The van der Waals surface area contributed by atoms with Crippen LogP contribution in [0.2, 0.25) is 0 Å². The van der Waals surface area contributed by atoms with Gasteiger partial charge in [0.25, 0.3) is 11.8 Å². The van der Waals surface area contributed by atoms with Crippen LogP contribution in [0.15, 0.2) is 53.1 Å². The number of hydrogen-bond acceptors (Lipinski definition) is 6. The van der Waals surface area contributed by atoms with Gasteiger partial charge in [-0.3, -0.25) is 9.59 Å². The van der Waals surface area contributed by atoms with Crippen molar-refractivity contribution in [2.45, 2.75) is 31.7 Å². The number of aromatic nitrogens is 1. The van der Waals surface area contributed by atoms with Crippen molar-refractivity contribution in [1.29, 1.82) is 0 Å². The van der Waals surface area contributed by atoms with E-state index < -0.39 is 5.82 Å². The zero-order valence-corrected chi connectivity index (χ0v) is 21.9. The molecule has 39 heavy (non-hydrogen) atoms. The van der Waals surface area contributed by atoms with Gasteiger partial charge in [-0.05, 0) is 68.5 Å². The van der Waals surface area contributed by atoms with Crippen LogP contribution in [0, 0.1) is 11.7 Å². The molecular weight excluding hydrogens is 501 g/mol. The predicted molar refractivity (Wildman–Crippen MR) is 143 cm³/mol. The number of nitrogens with one attached hydrogen (secondary N) is 2. The summed E-state index contributed by atoms with van der Waals surface area (Å²) in [7, 11) is 3.02. The summed E-state index contributed by atoms with van der Waals surface area (Å²) in [6.45, 7) is 2.25. The smallest absolute Gasteiger partial charge is 0.257 e. The molecule has 0 radical (unpaired) electrons. The number of fused-ring (bicyclic) bond motifs is 1. The van der Waals surface area contributed by atoms with E-state index in [1.54, 1.807) is 36.5 Å². The Morgan fingerprint density at radius 1 is 1.10 bits per heavy atom. The van der Waals surface area contributed by atoms with E-state index in [0.717, 1.165) is 25.2 Å². The van der Waals surface area contributed by atoms with Gasteiger partial charge in [-0.2, -0.15) is 0 Å². The molecule has 3 aliphatic carbocycles. The molecule has 200 valence electrons. The van der Waals surface area contributed by atoms with Crippen LogP contribution in [0.25, 0.3) is 33.4 Å². The Bertz CT molecular complexity index is 1590. The Balaban J connectivity index is 1.49. The third-order valence-corrected chi connectivity index (χ3v) is 7.67. The average molecular weight is 530 g/mol. The standard InChI is InChI=1S/C30H28FN3O5/c1-4-38-23-11-24-21(25(28(36)32-2)26(39-24)17-5-7-19(31)8-6-17)10-20(23)18-9-22(29(37-3)33-15-18)27(35)34-30-12-16(13-30)14-30/h5-11,15-16H,4,12-14H2,1-3H3,(H,32,36)(H,34,35). The van der Waals surface area contributed by atoms with Crippen LogP contribution >= 0.6 is 0 Å². The van der Waals surface area contributed by atoms with Crippen molar-refractivity contribution in [1.82, 2.24) is 15.6 Å². The number of nitrogens with zero attached hydrogens (tertiary/aromatic N) is 1. The van der Waals surface area contributed by atoms with Crippen LogP contribution in [-0.2, 0) is 0 Å². The number of benzene rings is 2. The molecule has 3 aliphatic rings. The molecule has 0 aliphatic heterocycles. The van der Waals surface area contributed by atoms with Gasteiger partial charge in [-0.25, -0.2) is 9.37 Å². The highest BCUT2D eigenvalue weighted by molar-refractivity contribution is 6.12. The highest BCUT2D eigenvalue weighted by atomic mass is 19.1. The minimum Gasteiger partial charge on any atom is -0.493 e. The highest BCUT2D eigenvalue weighted by Crippen LogP contribution is 2.57. The SMILES string of the molecule is CCOc1cc2oc(-c3ccc(F)cc3)c(C(=O)NC)c2cc1-c1cnc(OC)c(C(=O)NC23CC(C2)C3)c1. The van der Waals surface area contributed by atoms with Gasteiger partial charge in [0, 0.05) is 46.9 Å². The molecule has 0 unspecified atom stereocenters. The van der Waals surface area contributed by atoms with E-state index in [-0.39, 0.29) is 23.2 Å². The zero-order chi connectivity index (χ0) is 27.3. The van der Waals surface area contributed by atoms with Crippen LogP contribution in [0.5, 0.6) is 11.6 Å². The third kappa shape index (κ3) is 4.18. The summed E-state index contributed by atoms with van der Waals surface area (Å²) in [5.74, 6) is 0.802. The molecular formula is C30H28FN3O5. The second-order valence-corrected chi connectivity index (χ2v) is 10.2. The van der Waals surface area contributed by atoms with Gasteiger partial charge in [0.15, 0.2) is 0 Å². The Morgan fingerprint density at radius 3 is 2.46 bits per heavy atom. The number of carbonyl (C=O) groups is 2. The lowest BCUT2D eigenvalue weighted by atomic mass is 9.50. The molecule has 0 saturated heterocycles. The quantitative estimate of drug-likeness (QED) is 0.319. The molecule has 2 amide bonds. The molecule has 3 saturated carbocycles. The Kier molecular flexibility index (Phi) is 6.01. The molecule has 4 aromatic rings. The fourth-order valence-corrected chi connectivity index (χ4v) is 5.64. The number of halogens is 1. The van der Waals surface area contributed by atoms with Crippen LogP contribution in [0.3, 0.4) is 0 Å². The second kappa shape index (κ2) is 9.41. The van der Waals surface area contributed by atoms with Crippen molar-refractivity contribution in [3.8, 4) is 34.1 Å². The van der Waals surface area contributed by atoms with E-state index in [9.17, 15) is 14.0 Å². The number of hydrogen-bond donors (Lipinski definition) is 2. The lowest BCUT2D eigenvalue weighted by molar-refractivity contribution is -0.0439. The number of ether oxygens (including phenoxy) is 2. The first-order valence-electron chi connectivity index (χ1n) is 12.9. The fraction of sp³-hybridized carbons (Fsp3) is 0.300. The molecule has 0 atom stereocenters. The minimum atomic E-state index is -0.391. The van der Waals surface area contributed by atoms with E-state index in [4.69, 9.17) is 13.9 Å². The number of furan rings is 1. The molecule has 0 spiro atoms. The van der Waals surface area contributed by atoms with Gasteiger partial charge in [0.05, 0.1) is 19.3 Å². The van der Waals surface area contributed by atoms with Crippen LogP contribution in [-0.4, -0.2) is 43.1 Å². The van der Waals surface area contributed by atoms with E-state index in [1.165, 1.54) is 26.3 Å². The Hall–Kier alpha value is -4.40. The summed E-state index contributed by atoms with van der Waals surface area (Å²) < 4.78 is 31.1. The first-order valence-corrected chi connectivity index (χ1v) is 12.9. The van der Waals surface area contributed by atoms with E-state index in [1.807, 2.05) is 6.92 Å². The number of methoxy groups -OCH3 is 1. The molecule has 2 bridgehead atoms. The fourth-order valence-electron chi connectivity index (χ4n) is 5.64. The lowest BCUT2D eigenvalue weighted by Gasteiger charge is -2.61. The molecule has 2 heterocycles. The summed E-state index contributed by atoms with van der Waals surface area (Å²) in [5, 5.41) is 6.38. The maximum atomic E-state index is 13.6. The molecule has 3 fully saturated rings. The summed E-state index contributed by atoms with van der Waals surface area (Å²) in [5.41, 5.74) is 2.78. The van der Waals surface area contributed by atoms with Gasteiger partial charge in [-0.15, -0.1) is 0 Å². The van der Waals surface area contributed by atoms with Crippen molar-refractivity contribution in [2.75, 3.05) is 20.8 Å². The summed E-state index contributed by atoms with van der Waals surface area (Å²) in [6, 6.07) is 11.0. The largest absolute Gasteiger partial charge is 0.493 e.